The van der Waals surface area contributed by atoms with E-state index < -0.39 is 24.9 Å². The molecule has 0 saturated heterocycles. The number of carboxylic acid groups (broad SMARTS) is 1. The highest BCUT2D eigenvalue weighted by molar-refractivity contribution is 5.67. The number of carboxylic acids is 1. The van der Waals surface area contributed by atoms with E-state index in [-0.39, 0.29) is 5.54 Å². The van der Waals surface area contributed by atoms with Gasteiger partial charge in [0, 0.05) is 5.54 Å². The Morgan fingerprint density at radius 3 is 2.29 bits per heavy atom. The SMILES string of the molecule is CCC(C)(C)NCC(F)(F)CC(=O)O. The molecule has 0 rings (SSSR count). The molecule has 0 bridgehead atoms. The minimum Gasteiger partial charge on any atom is -0.481 e. The first kappa shape index (κ1) is 13.3. The van der Waals surface area contributed by atoms with Crippen molar-refractivity contribution in [2.75, 3.05) is 6.54 Å². The van der Waals surface area contributed by atoms with E-state index in [1.54, 1.807) is 13.8 Å². The summed E-state index contributed by atoms with van der Waals surface area (Å²) < 4.78 is 25.8. The molecule has 0 fully saturated rings. The first-order valence-corrected chi connectivity index (χ1v) is 4.53. The van der Waals surface area contributed by atoms with Crippen molar-refractivity contribution >= 4 is 5.97 Å². The molecule has 0 heterocycles. The molecule has 0 aromatic rings. The molecular weight excluding hydrogens is 192 g/mol. The molecule has 0 saturated carbocycles. The summed E-state index contributed by atoms with van der Waals surface area (Å²) in [4.78, 5) is 10.1. The van der Waals surface area contributed by atoms with Crippen molar-refractivity contribution < 1.29 is 18.7 Å². The highest BCUT2D eigenvalue weighted by Crippen LogP contribution is 2.19. The second-order valence-corrected chi connectivity index (χ2v) is 4.02. The lowest BCUT2D eigenvalue weighted by Gasteiger charge is -2.27. The van der Waals surface area contributed by atoms with Gasteiger partial charge in [-0.25, -0.2) is 8.78 Å². The Bertz CT molecular complexity index is 205. The topological polar surface area (TPSA) is 49.3 Å². The van der Waals surface area contributed by atoms with Gasteiger partial charge in [0.1, 0.15) is 6.42 Å². The molecule has 0 aliphatic rings. The van der Waals surface area contributed by atoms with Gasteiger partial charge in [-0.3, -0.25) is 4.79 Å². The van der Waals surface area contributed by atoms with Crippen LogP contribution < -0.4 is 5.32 Å². The van der Waals surface area contributed by atoms with E-state index in [0.717, 1.165) is 0 Å². The van der Waals surface area contributed by atoms with Gasteiger partial charge in [0.05, 0.1) is 6.54 Å². The van der Waals surface area contributed by atoms with Crippen molar-refractivity contribution in [2.24, 2.45) is 0 Å². The van der Waals surface area contributed by atoms with E-state index in [2.05, 4.69) is 5.32 Å². The first-order chi connectivity index (χ1) is 6.18. The lowest BCUT2D eigenvalue weighted by atomic mass is 10.0. The average Bonchev–Trinajstić information content (AvgIpc) is 1.99. The normalized spacial score (nSPS) is 12.9. The molecule has 2 N–H and O–H groups in total. The maximum absolute atomic E-state index is 12.9. The summed E-state index contributed by atoms with van der Waals surface area (Å²) in [6, 6.07) is 0. The molecule has 0 spiro atoms. The van der Waals surface area contributed by atoms with Gasteiger partial charge >= 0.3 is 5.97 Å². The van der Waals surface area contributed by atoms with E-state index in [4.69, 9.17) is 5.11 Å². The second kappa shape index (κ2) is 4.68. The molecule has 0 radical (unpaired) electrons. The lowest BCUT2D eigenvalue weighted by molar-refractivity contribution is -0.144. The van der Waals surface area contributed by atoms with Crippen LogP contribution in [0, 0.1) is 0 Å². The van der Waals surface area contributed by atoms with Crippen LogP contribution in [0.5, 0.6) is 0 Å². The molecule has 5 heteroatoms. The monoisotopic (exact) mass is 209 g/mol. The molecule has 14 heavy (non-hydrogen) atoms. The Hall–Kier alpha value is -0.710. The van der Waals surface area contributed by atoms with Gasteiger partial charge in [-0.2, -0.15) is 0 Å². The number of hydrogen-bond acceptors (Lipinski definition) is 2. The maximum Gasteiger partial charge on any atom is 0.309 e. The van der Waals surface area contributed by atoms with Crippen molar-refractivity contribution in [1.29, 1.82) is 0 Å². The zero-order chi connectivity index (χ0) is 11.4. The number of hydrogen-bond donors (Lipinski definition) is 2. The molecule has 0 atom stereocenters. The van der Waals surface area contributed by atoms with Crippen molar-refractivity contribution in [3.8, 4) is 0 Å². The third kappa shape index (κ3) is 5.85. The largest absolute Gasteiger partial charge is 0.481 e. The molecular formula is C9H17F2NO2. The quantitative estimate of drug-likeness (QED) is 0.702. The van der Waals surface area contributed by atoms with E-state index in [1.807, 2.05) is 6.92 Å². The minimum absolute atomic E-state index is 0.387. The fourth-order valence-corrected chi connectivity index (χ4v) is 0.777. The molecule has 0 aliphatic heterocycles. The lowest BCUT2D eigenvalue weighted by Crippen LogP contribution is -2.45. The number of alkyl halides is 2. The molecule has 0 aromatic carbocycles. The highest BCUT2D eigenvalue weighted by atomic mass is 19.3. The molecule has 0 aromatic heterocycles. The van der Waals surface area contributed by atoms with Gasteiger partial charge in [-0.1, -0.05) is 6.92 Å². The Balaban J connectivity index is 4.04. The number of aliphatic carboxylic acids is 1. The van der Waals surface area contributed by atoms with Crippen molar-refractivity contribution in [2.45, 2.75) is 45.1 Å². The van der Waals surface area contributed by atoms with Crippen LogP contribution in [0.3, 0.4) is 0 Å². The summed E-state index contributed by atoms with van der Waals surface area (Å²) >= 11 is 0. The number of halogens is 2. The minimum atomic E-state index is -3.18. The molecule has 0 aliphatic carbocycles. The van der Waals surface area contributed by atoms with Crippen LogP contribution in [0.2, 0.25) is 0 Å². The number of carbonyl (C=O) groups is 1. The van der Waals surface area contributed by atoms with Gasteiger partial charge < -0.3 is 10.4 Å². The fourth-order valence-electron chi connectivity index (χ4n) is 0.777. The molecule has 0 unspecified atom stereocenters. The van der Waals surface area contributed by atoms with Gasteiger partial charge in [0.25, 0.3) is 5.92 Å². The zero-order valence-electron chi connectivity index (χ0n) is 8.73. The van der Waals surface area contributed by atoms with Crippen LogP contribution >= 0.6 is 0 Å². The van der Waals surface area contributed by atoms with Crippen LogP contribution in [-0.4, -0.2) is 29.1 Å². The Kier molecular flexibility index (Phi) is 4.45. The summed E-state index contributed by atoms with van der Waals surface area (Å²) in [5, 5.41) is 10.9. The Morgan fingerprint density at radius 2 is 1.93 bits per heavy atom. The molecule has 84 valence electrons. The highest BCUT2D eigenvalue weighted by Gasteiger charge is 2.33. The van der Waals surface area contributed by atoms with Gasteiger partial charge in [-0.05, 0) is 20.3 Å². The van der Waals surface area contributed by atoms with Crippen LogP contribution in [0.15, 0.2) is 0 Å². The average molecular weight is 209 g/mol. The van der Waals surface area contributed by atoms with Crippen molar-refractivity contribution in [3.63, 3.8) is 0 Å². The predicted octanol–water partition coefficient (Wildman–Crippen LogP) is 1.87. The third-order valence-electron chi connectivity index (χ3n) is 2.12. The standard InChI is InChI=1S/C9H17F2NO2/c1-4-8(2,3)12-6-9(10,11)5-7(13)14/h12H,4-6H2,1-3H3,(H,13,14). The van der Waals surface area contributed by atoms with E-state index in [1.165, 1.54) is 0 Å². The van der Waals surface area contributed by atoms with Crippen LogP contribution in [0.4, 0.5) is 8.78 Å². The summed E-state index contributed by atoms with van der Waals surface area (Å²) in [7, 11) is 0. The molecule has 0 amide bonds. The van der Waals surface area contributed by atoms with E-state index in [9.17, 15) is 13.6 Å². The van der Waals surface area contributed by atoms with Crippen molar-refractivity contribution in [3.05, 3.63) is 0 Å². The summed E-state index contributed by atoms with van der Waals surface area (Å²) in [5.41, 5.74) is -0.387. The predicted molar refractivity (Wildman–Crippen MR) is 49.6 cm³/mol. The maximum atomic E-state index is 12.9. The van der Waals surface area contributed by atoms with E-state index >= 15 is 0 Å². The van der Waals surface area contributed by atoms with Crippen LogP contribution in [0.1, 0.15) is 33.6 Å². The fraction of sp³-hybridized carbons (Fsp3) is 0.889. The Morgan fingerprint density at radius 1 is 1.43 bits per heavy atom. The summed E-state index contributed by atoms with van der Waals surface area (Å²) in [5.74, 6) is -4.66. The smallest absolute Gasteiger partial charge is 0.309 e. The number of nitrogens with one attached hydrogen (secondary N) is 1. The van der Waals surface area contributed by atoms with E-state index in [0.29, 0.717) is 6.42 Å². The van der Waals surface area contributed by atoms with Crippen LogP contribution in [-0.2, 0) is 4.79 Å². The summed E-state index contributed by atoms with van der Waals surface area (Å²) in [6.45, 7) is 4.87. The summed E-state index contributed by atoms with van der Waals surface area (Å²) in [6.07, 6.45) is -0.421. The third-order valence-corrected chi connectivity index (χ3v) is 2.12. The number of rotatable bonds is 6. The molecule has 3 nitrogen and oxygen atoms in total. The van der Waals surface area contributed by atoms with Crippen LogP contribution in [0.25, 0.3) is 0 Å². The van der Waals surface area contributed by atoms with Gasteiger partial charge in [0.15, 0.2) is 0 Å². The first-order valence-electron chi connectivity index (χ1n) is 4.53. The zero-order valence-corrected chi connectivity index (χ0v) is 8.73. The van der Waals surface area contributed by atoms with Gasteiger partial charge in [0.2, 0.25) is 0 Å². The van der Waals surface area contributed by atoms with Crippen molar-refractivity contribution in [1.82, 2.24) is 5.32 Å². The second-order valence-electron chi connectivity index (χ2n) is 4.02. The van der Waals surface area contributed by atoms with Gasteiger partial charge in [-0.15, -0.1) is 0 Å². The Labute approximate surface area is 82.5 Å².